The Labute approximate surface area is 170 Å². The average Bonchev–Trinajstić information content (AvgIpc) is 2.96. The fourth-order valence-corrected chi connectivity index (χ4v) is 3.73. The van der Waals surface area contributed by atoms with Crippen molar-refractivity contribution < 1.29 is 19.1 Å². The number of unbranched alkanes of at least 4 members (excludes halogenated alkanes) is 8. The van der Waals surface area contributed by atoms with E-state index in [0.717, 1.165) is 44.9 Å². The number of amides is 1. The first-order valence-electron chi connectivity index (χ1n) is 10.7. The molecule has 0 spiro atoms. The molecule has 0 aliphatic heterocycles. The number of methoxy groups -OCH3 is 1. The number of carbonyl (C=O) groups excluding carboxylic acids is 3. The summed E-state index contributed by atoms with van der Waals surface area (Å²) in [7, 11) is 1.40. The van der Waals surface area contributed by atoms with Gasteiger partial charge in [-0.15, -0.1) is 0 Å². The first-order valence-corrected chi connectivity index (χ1v) is 10.7. The number of nitrogens with one attached hydrogen (secondary N) is 1. The van der Waals surface area contributed by atoms with Crippen LogP contribution in [-0.4, -0.2) is 30.3 Å². The van der Waals surface area contributed by atoms with Gasteiger partial charge >= 0.3 is 5.97 Å². The summed E-state index contributed by atoms with van der Waals surface area (Å²) in [5, 5.41) is 3.04. The molecular weight excluding hydrogens is 354 g/mol. The monoisotopic (exact) mass is 391 g/mol. The number of rotatable bonds is 14. The second kappa shape index (κ2) is 13.3. The minimum absolute atomic E-state index is 0.00528. The lowest BCUT2D eigenvalue weighted by Crippen LogP contribution is -2.47. The molecule has 0 aromatic carbocycles. The first kappa shape index (κ1) is 24.1. The van der Waals surface area contributed by atoms with E-state index in [9.17, 15) is 14.4 Å². The third kappa shape index (κ3) is 8.41. The van der Waals surface area contributed by atoms with Crippen molar-refractivity contribution in [2.24, 2.45) is 0 Å². The van der Waals surface area contributed by atoms with Crippen LogP contribution in [0.15, 0.2) is 23.8 Å². The average molecular weight is 392 g/mol. The summed E-state index contributed by atoms with van der Waals surface area (Å²) in [6.07, 6.45) is 17.0. The topological polar surface area (TPSA) is 72.5 Å². The van der Waals surface area contributed by atoms with Crippen LogP contribution in [-0.2, 0) is 19.1 Å². The zero-order valence-electron chi connectivity index (χ0n) is 17.9. The summed E-state index contributed by atoms with van der Waals surface area (Å²) in [6, 6.07) is 0. The van der Waals surface area contributed by atoms with Crippen molar-refractivity contribution in [1.29, 1.82) is 0 Å². The maximum absolute atomic E-state index is 12.4. The van der Waals surface area contributed by atoms with Crippen molar-refractivity contribution in [3.05, 3.63) is 23.8 Å². The van der Waals surface area contributed by atoms with Crippen molar-refractivity contribution in [3.63, 3.8) is 0 Å². The molecule has 5 heteroatoms. The van der Waals surface area contributed by atoms with Crippen LogP contribution in [0, 0.1) is 0 Å². The lowest BCUT2D eigenvalue weighted by molar-refractivity contribution is -0.140. The van der Waals surface area contributed by atoms with Gasteiger partial charge in [0.25, 0.3) is 0 Å². The van der Waals surface area contributed by atoms with Crippen LogP contribution in [0.1, 0.15) is 90.9 Å². The summed E-state index contributed by atoms with van der Waals surface area (Å²) >= 11 is 0. The molecule has 0 saturated carbocycles. The van der Waals surface area contributed by atoms with Crippen molar-refractivity contribution in [2.45, 2.75) is 96.4 Å². The summed E-state index contributed by atoms with van der Waals surface area (Å²) < 4.78 is 4.64. The molecule has 0 saturated heterocycles. The Morgan fingerprint density at radius 1 is 1.07 bits per heavy atom. The quantitative estimate of drug-likeness (QED) is 0.262. The van der Waals surface area contributed by atoms with Crippen molar-refractivity contribution in [3.8, 4) is 0 Å². The Kier molecular flexibility index (Phi) is 11.5. The maximum Gasteiger partial charge on any atom is 0.305 e. The third-order valence-electron chi connectivity index (χ3n) is 5.25. The largest absolute Gasteiger partial charge is 0.469 e. The molecular formula is C23H37NO4. The zero-order valence-corrected chi connectivity index (χ0v) is 17.9. The second-order valence-electron chi connectivity index (χ2n) is 7.66. The van der Waals surface area contributed by atoms with E-state index < -0.39 is 5.54 Å². The summed E-state index contributed by atoms with van der Waals surface area (Å²) in [5.74, 6) is -0.305. The number of allylic oxidation sites excluding steroid dienone is 2. The van der Waals surface area contributed by atoms with Crippen molar-refractivity contribution in [1.82, 2.24) is 5.32 Å². The Bertz CT molecular complexity index is 579. The van der Waals surface area contributed by atoms with E-state index in [1.54, 1.807) is 6.08 Å². The second-order valence-corrected chi connectivity index (χ2v) is 7.66. The number of esters is 1. The van der Waals surface area contributed by atoms with Crippen LogP contribution >= 0.6 is 0 Å². The van der Waals surface area contributed by atoms with Crippen LogP contribution in [0.2, 0.25) is 0 Å². The molecule has 0 bridgehead atoms. The molecule has 158 valence electrons. The molecule has 1 atom stereocenters. The van der Waals surface area contributed by atoms with Crippen LogP contribution in [0.3, 0.4) is 0 Å². The first-order chi connectivity index (χ1) is 13.4. The molecule has 28 heavy (non-hydrogen) atoms. The molecule has 1 aliphatic rings. The third-order valence-corrected chi connectivity index (χ3v) is 5.25. The van der Waals surface area contributed by atoms with Crippen LogP contribution < -0.4 is 5.32 Å². The van der Waals surface area contributed by atoms with Gasteiger partial charge in [-0.1, -0.05) is 64.0 Å². The lowest BCUT2D eigenvalue weighted by Gasteiger charge is -2.30. The molecule has 1 amide bonds. The number of ketones is 1. The van der Waals surface area contributed by atoms with Gasteiger partial charge in [0.2, 0.25) is 5.91 Å². The van der Waals surface area contributed by atoms with Gasteiger partial charge in [0.15, 0.2) is 5.78 Å². The molecule has 1 aliphatic carbocycles. The smallest absolute Gasteiger partial charge is 0.305 e. The number of carbonyl (C=O) groups is 3. The molecule has 1 rings (SSSR count). The van der Waals surface area contributed by atoms with Gasteiger partial charge < -0.3 is 10.1 Å². The Hall–Kier alpha value is -1.91. The zero-order chi connectivity index (χ0) is 20.8. The van der Waals surface area contributed by atoms with E-state index in [0.29, 0.717) is 12.0 Å². The molecule has 0 unspecified atom stereocenters. The van der Waals surface area contributed by atoms with Crippen molar-refractivity contribution >= 4 is 17.7 Å². The fourth-order valence-electron chi connectivity index (χ4n) is 3.73. The molecule has 5 nitrogen and oxygen atoms in total. The van der Waals surface area contributed by atoms with Gasteiger partial charge in [-0.2, -0.15) is 0 Å². The molecule has 0 aromatic rings. The minimum Gasteiger partial charge on any atom is -0.469 e. The summed E-state index contributed by atoms with van der Waals surface area (Å²) in [5.41, 5.74) is 0.0453. The molecule has 0 radical (unpaired) electrons. The number of hydrogen-bond donors (Lipinski definition) is 1. The summed E-state index contributed by atoms with van der Waals surface area (Å²) in [6.45, 7) is 3.71. The van der Waals surface area contributed by atoms with E-state index in [1.807, 2.05) is 12.2 Å². The Morgan fingerprint density at radius 3 is 2.43 bits per heavy atom. The highest BCUT2D eigenvalue weighted by atomic mass is 16.5. The SMILES string of the molecule is CCCCCCCC[C@@]1(NC(C)=O)C=CC(=O)/C1=C\CCCCCC(=O)OC. The normalized spacial score (nSPS) is 20.0. The molecule has 0 heterocycles. The van der Waals surface area contributed by atoms with Crippen molar-refractivity contribution in [2.75, 3.05) is 7.11 Å². The number of ether oxygens (including phenoxy) is 1. The minimum atomic E-state index is -0.653. The molecule has 0 fully saturated rings. The Balaban J connectivity index is 2.61. The van der Waals surface area contributed by atoms with Crippen LogP contribution in [0.5, 0.6) is 0 Å². The predicted octanol–water partition coefficient (Wildman–Crippen LogP) is 4.80. The highest BCUT2D eigenvalue weighted by Crippen LogP contribution is 2.32. The highest BCUT2D eigenvalue weighted by molar-refractivity contribution is 6.10. The van der Waals surface area contributed by atoms with E-state index in [4.69, 9.17) is 0 Å². The molecule has 0 aromatic heterocycles. The van der Waals surface area contributed by atoms with Gasteiger partial charge in [-0.3, -0.25) is 14.4 Å². The molecule has 1 N–H and O–H groups in total. The number of hydrogen-bond acceptors (Lipinski definition) is 4. The predicted molar refractivity (Wildman–Crippen MR) is 112 cm³/mol. The van der Waals surface area contributed by atoms with Gasteiger partial charge in [0.1, 0.15) is 0 Å². The summed E-state index contributed by atoms with van der Waals surface area (Å²) in [4.78, 5) is 35.4. The van der Waals surface area contributed by atoms with Gasteiger partial charge in [-0.25, -0.2) is 0 Å². The van der Waals surface area contributed by atoms with E-state index >= 15 is 0 Å². The Morgan fingerprint density at radius 2 is 1.75 bits per heavy atom. The van der Waals surface area contributed by atoms with E-state index in [1.165, 1.54) is 39.7 Å². The fraction of sp³-hybridized carbons (Fsp3) is 0.696. The van der Waals surface area contributed by atoms with E-state index in [-0.39, 0.29) is 17.7 Å². The standard InChI is InChI=1S/C23H37NO4/c1-4-5-6-7-10-13-17-23(24-19(2)25)18-16-21(26)20(23)14-11-8-9-12-15-22(27)28-3/h14,16,18H,4-13,15,17H2,1-3H3,(H,24,25)/b20-14+/t23-/m1/s1. The lowest BCUT2D eigenvalue weighted by atomic mass is 9.85. The van der Waals surface area contributed by atoms with Crippen LogP contribution in [0.25, 0.3) is 0 Å². The van der Waals surface area contributed by atoms with Gasteiger partial charge in [0, 0.05) is 18.9 Å². The van der Waals surface area contributed by atoms with Gasteiger partial charge in [0.05, 0.1) is 12.6 Å². The van der Waals surface area contributed by atoms with E-state index in [2.05, 4.69) is 17.0 Å². The van der Waals surface area contributed by atoms with Crippen LogP contribution in [0.4, 0.5) is 0 Å². The maximum atomic E-state index is 12.4. The highest BCUT2D eigenvalue weighted by Gasteiger charge is 2.39. The van der Waals surface area contributed by atoms with Gasteiger partial charge in [-0.05, 0) is 31.8 Å².